The first-order valence-corrected chi connectivity index (χ1v) is 7.08. The van der Waals surface area contributed by atoms with Crippen molar-refractivity contribution < 1.29 is 4.74 Å². The Morgan fingerprint density at radius 1 is 1.42 bits per heavy atom. The second kappa shape index (κ2) is 4.91. The number of nitrogens with zero attached hydrogens (tertiary/aromatic N) is 2. The smallest absolute Gasteiger partial charge is 0.0652 e. The lowest BCUT2D eigenvalue weighted by Gasteiger charge is -2.52. The summed E-state index contributed by atoms with van der Waals surface area (Å²) in [6.45, 7) is 11.0. The molecule has 4 nitrogen and oxygen atoms in total. The molecule has 1 fully saturated rings. The topological polar surface area (TPSA) is 39.1 Å². The van der Waals surface area contributed by atoms with Crippen molar-refractivity contribution in [1.82, 2.24) is 15.1 Å². The second-order valence-corrected chi connectivity index (χ2v) is 6.43. The summed E-state index contributed by atoms with van der Waals surface area (Å²) in [5, 5.41) is 8.25. The third-order valence-electron chi connectivity index (χ3n) is 4.91. The average Bonchev–Trinajstić information content (AvgIpc) is 2.58. The van der Waals surface area contributed by atoms with Crippen LogP contribution in [0.15, 0.2) is 0 Å². The van der Waals surface area contributed by atoms with Crippen LogP contribution in [0.5, 0.6) is 0 Å². The highest BCUT2D eigenvalue weighted by Crippen LogP contribution is 2.43. The molecule has 0 bridgehead atoms. The number of ether oxygens (including phenoxy) is 1. The van der Waals surface area contributed by atoms with Gasteiger partial charge in [0.15, 0.2) is 0 Å². The molecule has 108 valence electrons. The maximum absolute atomic E-state index is 5.51. The summed E-state index contributed by atoms with van der Waals surface area (Å²) in [5.41, 5.74) is 3.91. The Morgan fingerprint density at radius 3 is 2.47 bits per heavy atom. The van der Waals surface area contributed by atoms with Gasteiger partial charge >= 0.3 is 0 Å². The molecule has 0 amide bonds. The molecule has 3 unspecified atom stereocenters. The van der Waals surface area contributed by atoms with Crippen molar-refractivity contribution in [2.45, 2.75) is 59.2 Å². The molecule has 19 heavy (non-hydrogen) atoms. The van der Waals surface area contributed by atoms with Gasteiger partial charge in [0.2, 0.25) is 0 Å². The number of hydrogen-bond acceptors (Lipinski definition) is 3. The summed E-state index contributed by atoms with van der Waals surface area (Å²) < 4.78 is 7.48. The fourth-order valence-electron chi connectivity index (χ4n) is 3.37. The number of rotatable bonds is 4. The number of nitrogens with one attached hydrogen (secondary N) is 1. The molecule has 1 aromatic rings. The van der Waals surface area contributed by atoms with E-state index in [0.717, 1.165) is 12.1 Å². The van der Waals surface area contributed by atoms with E-state index in [-0.39, 0.29) is 5.41 Å². The van der Waals surface area contributed by atoms with Gasteiger partial charge in [-0.3, -0.25) is 4.68 Å². The van der Waals surface area contributed by atoms with Crippen molar-refractivity contribution in [2.75, 3.05) is 7.11 Å². The monoisotopic (exact) mass is 265 g/mol. The zero-order valence-corrected chi connectivity index (χ0v) is 13.2. The highest BCUT2D eigenvalue weighted by Gasteiger charge is 2.48. The lowest BCUT2D eigenvalue weighted by molar-refractivity contribution is -0.0999. The molecule has 1 heterocycles. The largest absolute Gasteiger partial charge is 0.381 e. The standard InChI is InChI=1S/C15H27N3O/c1-9(14-10(2)17-18(6)11(14)3)16-12-8-13(19-7)15(12,4)5/h9,12-13,16H,8H2,1-7H3. The minimum Gasteiger partial charge on any atom is -0.381 e. The zero-order chi connectivity index (χ0) is 14.4. The van der Waals surface area contributed by atoms with Crippen LogP contribution >= 0.6 is 0 Å². The molecule has 3 atom stereocenters. The highest BCUT2D eigenvalue weighted by molar-refractivity contribution is 5.28. The van der Waals surface area contributed by atoms with E-state index in [2.05, 4.69) is 45.0 Å². The predicted molar refractivity (Wildman–Crippen MR) is 77.2 cm³/mol. The number of aryl methyl sites for hydroxylation is 2. The van der Waals surface area contributed by atoms with Crippen LogP contribution in [0.3, 0.4) is 0 Å². The Labute approximate surface area is 116 Å². The van der Waals surface area contributed by atoms with Gasteiger partial charge in [0.1, 0.15) is 0 Å². The third kappa shape index (κ3) is 2.32. The number of aromatic nitrogens is 2. The Kier molecular flexibility index (Phi) is 3.76. The first-order valence-electron chi connectivity index (χ1n) is 7.08. The van der Waals surface area contributed by atoms with Crippen molar-refractivity contribution >= 4 is 0 Å². The van der Waals surface area contributed by atoms with Crippen LogP contribution in [0.2, 0.25) is 0 Å². The van der Waals surface area contributed by atoms with Crippen molar-refractivity contribution in [3.63, 3.8) is 0 Å². The van der Waals surface area contributed by atoms with Crippen LogP contribution in [0.25, 0.3) is 0 Å². The Balaban J connectivity index is 2.09. The molecular weight excluding hydrogens is 238 g/mol. The van der Waals surface area contributed by atoms with E-state index in [0.29, 0.717) is 18.2 Å². The van der Waals surface area contributed by atoms with Crippen molar-refractivity contribution in [3.8, 4) is 0 Å². The summed E-state index contributed by atoms with van der Waals surface area (Å²) in [5.74, 6) is 0. The quantitative estimate of drug-likeness (QED) is 0.909. The van der Waals surface area contributed by atoms with Crippen LogP contribution in [-0.2, 0) is 11.8 Å². The van der Waals surface area contributed by atoms with E-state index in [4.69, 9.17) is 4.74 Å². The summed E-state index contributed by atoms with van der Waals surface area (Å²) in [7, 11) is 3.81. The SMILES string of the molecule is COC1CC(NC(C)c2c(C)nn(C)c2C)C1(C)C. The third-order valence-corrected chi connectivity index (χ3v) is 4.91. The Bertz CT molecular complexity index is 464. The molecule has 4 heteroatoms. The van der Waals surface area contributed by atoms with Gasteiger partial charge < -0.3 is 10.1 Å². The maximum Gasteiger partial charge on any atom is 0.0652 e. The van der Waals surface area contributed by atoms with Crippen molar-refractivity contribution in [2.24, 2.45) is 12.5 Å². The zero-order valence-electron chi connectivity index (χ0n) is 13.2. The maximum atomic E-state index is 5.51. The van der Waals surface area contributed by atoms with E-state index < -0.39 is 0 Å². The van der Waals surface area contributed by atoms with E-state index in [9.17, 15) is 0 Å². The van der Waals surface area contributed by atoms with Gasteiger partial charge in [-0.15, -0.1) is 0 Å². The van der Waals surface area contributed by atoms with Crippen LogP contribution in [0.4, 0.5) is 0 Å². The molecule has 0 radical (unpaired) electrons. The molecule has 1 aromatic heterocycles. The second-order valence-electron chi connectivity index (χ2n) is 6.43. The van der Waals surface area contributed by atoms with Gasteiger partial charge in [0.05, 0.1) is 11.8 Å². The summed E-state index contributed by atoms with van der Waals surface area (Å²) >= 11 is 0. The van der Waals surface area contributed by atoms with E-state index in [1.807, 2.05) is 18.8 Å². The molecule has 0 aromatic carbocycles. The molecular formula is C15H27N3O. The van der Waals surface area contributed by atoms with E-state index in [1.165, 1.54) is 11.3 Å². The summed E-state index contributed by atoms with van der Waals surface area (Å²) in [6.07, 6.45) is 1.46. The molecule has 0 aliphatic heterocycles. The van der Waals surface area contributed by atoms with Gasteiger partial charge in [-0.2, -0.15) is 5.10 Å². The lowest BCUT2D eigenvalue weighted by atomic mass is 9.64. The predicted octanol–water partition coefficient (Wildman–Crippen LogP) is 2.50. The fraction of sp³-hybridized carbons (Fsp3) is 0.800. The average molecular weight is 265 g/mol. The van der Waals surface area contributed by atoms with Gasteiger partial charge in [-0.25, -0.2) is 0 Å². The van der Waals surface area contributed by atoms with Crippen LogP contribution in [0.1, 0.15) is 50.2 Å². The van der Waals surface area contributed by atoms with Crippen LogP contribution in [0, 0.1) is 19.3 Å². The summed E-state index contributed by atoms with van der Waals surface area (Å²) in [6, 6.07) is 0.835. The van der Waals surface area contributed by atoms with Crippen LogP contribution in [-0.4, -0.2) is 29.0 Å². The van der Waals surface area contributed by atoms with E-state index >= 15 is 0 Å². The van der Waals surface area contributed by atoms with Crippen molar-refractivity contribution in [3.05, 3.63) is 17.0 Å². The first kappa shape index (κ1) is 14.5. The molecule has 1 saturated carbocycles. The minimum absolute atomic E-state index is 0.201. The number of methoxy groups -OCH3 is 1. The van der Waals surface area contributed by atoms with Crippen LogP contribution < -0.4 is 5.32 Å². The highest BCUT2D eigenvalue weighted by atomic mass is 16.5. The van der Waals surface area contributed by atoms with E-state index in [1.54, 1.807) is 0 Å². The van der Waals surface area contributed by atoms with Gasteiger partial charge in [0.25, 0.3) is 0 Å². The van der Waals surface area contributed by atoms with Crippen molar-refractivity contribution in [1.29, 1.82) is 0 Å². The Hall–Kier alpha value is -0.870. The number of hydrogen-bond donors (Lipinski definition) is 1. The lowest BCUT2D eigenvalue weighted by Crippen LogP contribution is -2.61. The minimum atomic E-state index is 0.201. The fourth-order valence-corrected chi connectivity index (χ4v) is 3.37. The molecule has 2 rings (SSSR count). The molecule has 1 N–H and O–H groups in total. The molecule has 1 aliphatic carbocycles. The normalized spacial score (nSPS) is 27.1. The molecule has 0 spiro atoms. The molecule has 1 aliphatic rings. The van der Waals surface area contributed by atoms with Gasteiger partial charge in [0, 0.05) is 42.9 Å². The Morgan fingerprint density at radius 2 is 2.05 bits per heavy atom. The summed E-state index contributed by atoms with van der Waals surface area (Å²) in [4.78, 5) is 0. The van der Waals surface area contributed by atoms with Gasteiger partial charge in [-0.1, -0.05) is 13.8 Å². The van der Waals surface area contributed by atoms with Gasteiger partial charge in [-0.05, 0) is 27.2 Å². The molecule has 0 saturated heterocycles. The first-order chi connectivity index (χ1) is 8.78.